The van der Waals surface area contributed by atoms with Crippen LogP contribution in [0.1, 0.15) is 38.9 Å². The molecule has 0 saturated heterocycles. The predicted molar refractivity (Wildman–Crippen MR) is 74.3 cm³/mol. The molecule has 0 bridgehead atoms. The van der Waals surface area contributed by atoms with E-state index in [-0.39, 0.29) is 11.8 Å². The summed E-state index contributed by atoms with van der Waals surface area (Å²) in [5, 5.41) is 0. The fourth-order valence-electron chi connectivity index (χ4n) is 2.45. The molecule has 1 atom stereocenters. The number of furan rings is 1. The Balaban J connectivity index is 2.03. The molecule has 0 spiro atoms. The summed E-state index contributed by atoms with van der Waals surface area (Å²) in [6, 6.07) is 4.17. The third-order valence-electron chi connectivity index (χ3n) is 3.57. The number of carbonyl (C=O) groups excluding carboxylic acids is 1. The van der Waals surface area contributed by atoms with Crippen molar-refractivity contribution in [2.45, 2.75) is 45.7 Å². The Labute approximate surface area is 114 Å². The summed E-state index contributed by atoms with van der Waals surface area (Å²) in [6.07, 6.45) is 4.72. The van der Waals surface area contributed by atoms with Gasteiger partial charge in [-0.05, 0) is 37.3 Å². The molecule has 1 heterocycles. The average molecular weight is 264 g/mol. The highest BCUT2D eigenvalue weighted by atomic mass is 16.3. The van der Waals surface area contributed by atoms with Crippen molar-refractivity contribution in [1.29, 1.82) is 0 Å². The van der Waals surface area contributed by atoms with Crippen LogP contribution in [0.25, 0.3) is 0 Å². The molecule has 1 aliphatic rings. The largest absolute Gasteiger partial charge is 0.467 e. The maximum Gasteiger partial charge on any atom is 0.227 e. The van der Waals surface area contributed by atoms with E-state index in [0.717, 1.165) is 25.0 Å². The van der Waals surface area contributed by atoms with Crippen LogP contribution in [-0.4, -0.2) is 23.4 Å². The van der Waals surface area contributed by atoms with Crippen molar-refractivity contribution < 1.29 is 9.21 Å². The second-order valence-electron chi connectivity index (χ2n) is 5.84. The lowest BCUT2D eigenvalue weighted by molar-refractivity contribution is -0.137. The number of nitrogens with zero attached hydrogens (tertiary/aromatic N) is 1. The Hall–Kier alpha value is -1.29. The SMILES string of the molecule is CC(C)CC(CN)C(=O)N(Cc1ccco1)C1CC1. The fourth-order valence-corrected chi connectivity index (χ4v) is 2.45. The quantitative estimate of drug-likeness (QED) is 0.822. The van der Waals surface area contributed by atoms with Gasteiger partial charge in [-0.3, -0.25) is 4.79 Å². The van der Waals surface area contributed by atoms with Crippen molar-refractivity contribution in [3.63, 3.8) is 0 Å². The normalized spacial score (nSPS) is 16.6. The van der Waals surface area contributed by atoms with Gasteiger partial charge in [0.05, 0.1) is 18.7 Å². The molecule has 1 amide bonds. The molecule has 0 aromatic carbocycles. The van der Waals surface area contributed by atoms with Crippen LogP contribution in [0.5, 0.6) is 0 Å². The molecule has 1 saturated carbocycles. The van der Waals surface area contributed by atoms with Gasteiger partial charge in [-0.25, -0.2) is 0 Å². The number of carbonyl (C=O) groups is 1. The van der Waals surface area contributed by atoms with Crippen LogP contribution in [0.3, 0.4) is 0 Å². The highest BCUT2D eigenvalue weighted by molar-refractivity contribution is 5.79. The molecule has 1 aliphatic carbocycles. The van der Waals surface area contributed by atoms with E-state index in [4.69, 9.17) is 10.2 Å². The summed E-state index contributed by atoms with van der Waals surface area (Å²) >= 11 is 0. The molecule has 0 aliphatic heterocycles. The molecule has 4 nitrogen and oxygen atoms in total. The smallest absolute Gasteiger partial charge is 0.227 e. The Morgan fingerprint density at radius 2 is 2.26 bits per heavy atom. The van der Waals surface area contributed by atoms with Gasteiger partial charge in [0.1, 0.15) is 5.76 Å². The van der Waals surface area contributed by atoms with Crippen LogP contribution >= 0.6 is 0 Å². The van der Waals surface area contributed by atoms with E-state index in [1.165, 1.54) is 0 Å². The molecule has 19 heavy (non-hydrogen) atoms. The van der Waals surface area contributed by atoms with Crippen molar-refractivity contribution in [1.82, 2.24) is 4.90 Å². The highest BCUT2D eigenvalue weighted by Gasteiger charge is 2.35. The van der Waals surface area contributed by atoms with Crippen LogP contribution < -0.4 is 5.73 Å². The number of hydrogen-bond donors (Lipinski definition) is 1. The van der Waals surface area contributed by atoms with Gasteiger partial charge in [-0.2, -0.15) is 0 Å². The van der Waals surface area contributed by atoms with E-state index in [1.807, 2.05) is 17.0 Å². The van der Waals surface area contributed by atoms with E-state index < -0.39 is 0 Å². The predicted octanol–water partition coefficient (Wildman–Crippen LogP) is 2.39. The van der Waals surface area contributed by atoms with E-state index in [1.54, 1.807) is 6.26 Å². The molecule has 106 valence electrons. The van der Waals surface area contributed by atoms with Gasteiger partial charge in [-0.15, -0.1) is 0 Å². The van der Waals surface area contributed by atoms with Crippen molar-refractivity contribution in [3.8, 4) is 0 Å². The molecular weight excluding hydrogens is 240 g/mol. The zero-order valence-electron chi connectivity index (χ0n) is 11.8. The van der Waals surface area contributed by atoms with E-state index >= 15 is 0 Å². The molecule has 2 rings (SSSR count). The number of rotatable bonds is 7. The highest BCUT2D eigenvalue weighted by Crippen LogP contribution is 2.30. The van der Waals surface area contributed by atoms with Crippen molar-refractivity contribution >= 4 is 5.91 Å². The minimum Gasteiger partial charge on any atom is -0.467 e. The van der Waals surface area contributed by atoms with E-state index in [0.29, 0.717) is 25.0 Å². The van der Waals surface area contributed by atoms with Crippen LogP contribution in [0.15, 0.2) is 22.8 Å². The van der Waals surface area contributed by atoms with Crippen molar-refractivity contribution in [2.75, 3.05) is 6.54 Å². The molecular formula is C15H24N2O2. The van der Waals surface area contributed by atoms with Gasteiger partial charge in [0.25, 0.3) is 0 Å². The number of amides is 1. The third kappa shape index (κ3) is 3.83. The third-order valence-corrected chi connectivity index (χ3v) is 3.57. The van der Waals surface area contributed by atoms with Crippen molar-refractivity contribution in [3.05, 3.63) is 24.2 Å². The summed E-state index contributed by atoms with van der Waals surface area (Å²) in [7, 11) is 0. The number of nitrogens with two attached hydrogens (primary N) is 1. The fraction of sp³-hybridized carbons (Fsp3) is 0.667. The molecule has 1 unspecified atom stereocenters. The monoisotopic (exact) mass is 264 g/mol. The van der Waals surface area contributed by atoms with Gasteiger partial charge in [0.15, 0.2) is 0 Å². The lowest BCUT2D eigenvalue weighted by Gasteiger charge is -2.27. The topological polar surface area (TPSA) is 59.5 Å². The average Bonchev–Trinajstić information content (AvgIpc) is 3.09. The second-order valence-corrected chi connectivity index (χ2v) is 5.84. The Morgan fingerprint density at radius 1 is 1.53 bits per heavy atom. The molecule has 1 fully saturated rings. The van der Waals surface area contributed by atoms with Gasteiger partial charge < -0.3 is 15.1 Å². The first-order chi connectivity index (χ1) is 9.11. The van der Waals surface area contributed by atoms with Crippen LogP contribution in [-0.2, 0) is 11.3 Å². The summed E-state index contributed by atoms with van der Waals surface area (Å²) in [5.74, 6) is 1.47. The molecule has 1 aromatic heterocycles. The van der Waals surface area contributed by atoms with Crippen molar-refractivity contribution in [2.24, 2.45) is 17.6 Å². The summed E-state index contributed by atoms with van der Waals surface area (Å²) in [6.45, 7) is 5.26. The Morgan fingerprint density at radius 3 is 2.74 bits per heavy atom. The second kappa shape index (κ2) is 6.24. The maximum atomic E-state index is 12.6. The first kappa shape index (κ1) is 14.1. The van der Waals surface area contributed by atoms with Crippen LogP contribution in [0.4, 0.5) is 0 Å². The lowest BCUT2D eigenvalue weighted by atomic mass is 9.95. The standard InChI is InChI=1S/C15H24N2O2/c1-11(2)8-12(9-16)15(18)17(13-5-6-13)10-14-4-3-7-19-14/h3-4,7,11-13H,5-6,8-10,16H2,1-2H3. The zero-order chi connectivity index (χ0) is 13.8. The van der Waals surface area contributed by atoms with Crippen LogP contribution in [0, 0.1) is 11.8 Å². The van der Waals surface area contributed by atoms with Gasteiger partial charge in [0, 0.05) is 12.6 Å². The van der Waals surface area contributed by atoms with E-state index in [2.05, 4.69) is 13.8 Å². The Kier molecular flexibility index (Phi) is 4.64. The van der Waals surface area contributed by atoms with Crippen LogP contribution in [0.2, 0.25) is 0 Å². The molecule has 4 heteroatoms. The van der Waals surface area contributed by atoms with E-state index in [9.17, 15) is 4.79 Å². The minimum atomic E-state index is -0.0597. The summed E-state index contributed by atoms with van der Waals surface area (Å²) in [4.78, 5) is 14.6. The lowest BCUT2D eigenvalue weighted by Crippen LogP contribution is -2.40. The summed E-state index contributed by atoms with van der Waals surface area (Å²) in [5.41, 5.74) is 5.78. The minimum absolute atomic E-state index is 0.0597. The number of hydrogen-bond acceptors (Lipinski definition) is 3. The maximum absolute atomic E-state index is 12.6. The first-order valence-corrected chi connectivity index (χ1v) is 7.14. The molecule has 0 radical (unpaired) electrons. The summed E-state index contributed by atoms with van der Waals surface area (Å²) < 4.78 is 5.36. The van der Waals surface area contributed by atoms with Gasteiger partial charge in [-0.1, -0.05) is 13.8 Å². The molecule has 1 aromatic rings. The van der Waals surface area contributed by atoms with Gasteiger partial charge >= 0.3 is 0 Å². The van der Waals surface area contributed by atoms with Gasteiger partial charge in [0.2, 0.25) is 5.91 Å². The molecule has 2 N–H and O–H groups in total. The zero-order valence-corrected chi connectivity index (χ0v) is 11.8. The Bertz CT molecular complexity index is 396. The first-order valence-electron chi connectivity index (χ1n) is 7.14.